The van der Waals surface area contributed by atoms with Gasteiger partial charge in [-0.05, 0) is 56.6 Å². The van der Waals surface area contributed by atoms with Crippen LogP contribution >= 0.6 is 0 Å². The van der Waals surface area contributed by atoms with Crippen LogP contribution in [-0.2, 0) is 11.6 Å². The number of alkyl halides is 3. The number of ether oxygens (including phenoxy) is 1. The van der Waals surface area contributed by atoms with Gasteiger partial charge in [0.25, 0.3) is 0 Å². The number of likely N-dealkylation sites (N-methyl/N-ethyl adjacent to an activating group) is 1. The number of hydrogen-bond acceptors (Lipinski definition) is 5. The zero-order chi connectivity index (χ0) is 21.7. The molecule has 2 aliphatic heterocycles. The molecule has 0 spiro atoms. The fourth-order valence-corrected chi connectivity index (χ4v) is 4.84. The monoisotopic (exact) mass is 420 g/mol. The number of hydrogen-bond donors (Lipinski definition) is 2. The molecule has 30 heavy (non-hydrogen) atoms. The van der Waals surface area contributed by atoms with Gasteiger partial charge in [0, 0.05) is 36.4 Å². The molecule has 1 aromatic carbocycles. The number of benzene rings is 1. The van der Waals surface area contributed by atoms with Gasteiger partial charge in [-0.3, -0.25) is 0 Å². The first-order valence-electron chi connectivity index (χ1n) is 10.2. The molecule has 0 radical (unpaired) electrons. The highest BCUT2D eigenvalue weighted by Crippen LogP contribution is 2.53. The summed E-state index contributed by atoms with van der Waals surface area (Å²) in [5, 5.41) is 6.49. The van der Waals surface area contributed by atoms with Crippen molar-refractivity contribution in [1.29, 1.82) is 0 Å². The molecular formula is C22H27F3N4O. The SMILES string of the molecule is CCOc1nc(C)ccc1Nc1cc(C(F)(F)F)c2c(c1)[C@]1(C)CNCC[C@@H]1N2C. The predicted octanol–water partition coefficient (Wildman–Crippen LogP) is 4.62. The average Bonchev–Trinajstić information content (AvgIpc) is 2.90. The Morgan fingerprint density at radius 3 is 2.80 bits per heavy atom. The fraction of sp³-hybridized carbons (Fsp3) is 0.500. The van der Waals surface area contributed by atoms with E-state index in [1.807, 2.05) is 24.8 Å². The van der Waals surface area contributed by atoms with Crippen molar-refractivity contribution in [2.24, 2.45) is 0 Å². The minimum atomic E-state index is -4.46. The molecule has 0 bridgehead atoms. The van der Waals surface area contributed by atoms with E-state index in [-0.39, 0.29) is 11.7 Å². The van der Waals surface area contributed by atoms with Crippen LogP contribution in [0.4, 0.5) is 30.2 Å². The Morgan fingerprint density at radius 1 is 1.33 bits per heavy atom. The van der Waals surface area contributed by atoms with Crippen molar-refractivity contribution in [3.8, 4) is 5.88 Å². The molecule has 1 aromatic heterocycles. The molecule has 5 nitrogen and oxygen atoms in total. The molecular weight excluding hydrogens is 393 g/mol. The first kappa shape index (κ1) is 20.8. The number of piperidine rings is 1. The van der Waals surface area contributed by atoms with Crippen molar-refractivity contribution in [3.63, 3.8) is 0 Å². The second-order valence-corrected chi connectivity index (χ2v) is 8.29. The van der Waals surface area contributed by atoms with Gasteiger partial charge >= 0.3 is 6.18 Å². The summed E-state index contributed by atoms with van der Waals surface area (Å²) in [6.45, 7) is 7.60. The van der Waals surface area contributed by atoms with Gasteiger partial charge in [0.05, 0.1) is 17.9 Å². The van der Waals surface area contributed by atoms with Crippen molar-refractivity contribution < 1.29 is 17.9 Å². The predicted molar refractivity (Wildman–Crippen MR) is 112 cm³/mol. The Hall–Kier alpha value is -2.48. The first-order chi connectivity index (χ1) is 14.1. The summed E-state index contributed by atoms with van der Waals surface area (Å²) in [6.07, 6.45) is -3.65. The summed E-state index contributed by atoms with van der Waals surface area (Å²) in [7, 11) is 1.78. The minimum absolute atomic E-state index is 0.0325. The molecule has 2 atom stereocenters. The maximum absolute atomic E-state index is 14.1. The number of pyridine rings is 1. The number of nitrogens with one attached hydrogen (secondary N) is 2. The standard InChI is InChI=1S/C22H27F3N4O/c1-5-30-20-17(7-6-13(2)27-20)28-14-10-15-19(16(11-14)22(23,24)25)29(4)18-8-9-26-12-21(15,18)3/h6-7,10-11,18,26,28H,5,8-9,12H2,1-4H3/t18-,21-/m0/s1. The topological polar surface area (TPSA) is 49.4 Å². The molecule has 8 heteroatoms. The van der Waals surface area contributed by atoms with Crippen LogP contribution in [0.1, 0.15) is 37.1 Å². The van der Waals surface area contributed by atoms with Crippen molar-refractivity contribution in [2.45, 2.75) is 44.8 Å². The Bertz CT molecular complexity index is 962. The molecule has 0 amide bonds. The van der Waals surface area contributed by atoms with Crippen molar-refractivity contribution in [1.82, 2.24) is 10.3 Å². The third-order valence-corrected chi connectivity index (χ3v) is 6.23. The van der Waals surface area contributed by atoms with Gasteiger partial charge in [0.2, 0.25) is 5.88 Å². The highest BCUT2D eigenvalue weighted by atomic mass is 19.4. The van der Waals surface area contributed by atoms with Gasteiger partial charge in [-0.25, -0.2) is 4.98 Å². The van der Waals surface area contributed by atoms with Crippen LogP contribution in [0.5, 0.6) is 5.88 Å². The Morgan fingerprint density at radius 2 is 2.10 bits per heavy atom. The summed E-state index contributed by atoms with van der Waals surface area (Å²) in [5.74, 6) is 0.382. The van der Waals surface area contributed by atoms with Gasteiger partial charge in [-0.1, -0.05) is 6.92 Å². The van der Waals surface area contributed by atoms with Gasteiger partial charge in [-0.15, -0.1) is 0 Å². The Labute approximate surface area is 174 Å². The molecule has 1 saturated heterocycles. The van der Waals surface area contributed by atoms with Crippen molar-refractivity contribution in [2.75, 3.05) is 37.0 Å². The molecule has 0 saturated carbocycles. The molecule has 4 rings (SSSR count). The van der Waals surface area contributed by atoms with E-state index in [0.717, 1.165) is 24.2 Å². The van der Waals surface area contributed by atoms with Crippen molar-refractivity contribution >= 4 is 17.1 Å². The van der Waals surface area contributed by atoms with E-state index in [4.69, 9.17) is 4.74 Å². The number of aryl methyl sites for hydroxylation is 1. The highest BCUT2D eigenvalue weighted by molar-refractivity contribution is 5.76. The van der Waals surface area contributed by atoms with Gasteiger partial charge in [0.1, 0.15) is 5.69 Å². The van der Waals surface area contributed by atoms with E-state index in [1.165, 1.54) is 6.07 Å². The van der Waals surface area contributed by atoms with E-state index < -0.39 is 17.2 Å². The molecule has 2 aromatic rings. The molecule has 0 aliphatic carbocycles. The van der Waals surface area contributed by atoms with E-state index >= 15 is 0 Å². The highest BCUT2D eigenvalue weighted by Gasteiger charge is 2.51. The maximum Gasteiger partial charge on any atom is 0.418 e. The number of nitrogens with zero attached hydrogens (tertiary/aromatic N) is 2. The van der Waals surface area contributed by atoms with Crippen LogP contribution in [0.2, 0.25) is 0 Å². The van der Waals surface area contributed by atoms with E-state index in [1.54, 1.807) is 19.2 Å². The lowest BCUT2D eigenvalue weighted by atomic mass is 9.75. The summed E-state index contributed by atoms with van der Waals surface area (Å²) in [6, 6.07) is 6.67. The molecule has 3 heterocycles. The number of rotatable bonds is 4. The quantitative estimate of drug-likeness (QED) is 0.756. The first-order valence-corrected chi connectivity index (χ1v) is 10.2. The smallest absolute Gasteiger partial charge is 0.418 e. The maximum atomic E-state index is 14.1. The van der Waals surface area contributed by atoms with Crippen LogP contribution in [0.25, 0.3) is 0 Å². The third-order valence-electron chi connectivity index (χ3n) is 6.23. The summed E-state index contributed by atoms with van der Waals surface area (Å²) >= 11 is 0. The molecule has 0 unspecified atom stereocenters. The normalized spacial score (nSPS) is 23.2. The Kier molecular flexibility index (Phi) is 5.08. The van der Waals surface area contributed by atoms with Crippen LogP contribution < -0.4 is 20.3 Å². The lowest BCUT2D eigenvalue weighted by molar-refractivity contribution is -0.137. The average molecular weight is 420 g/mol. The van der Waals surface area contributed by atoms with Gasteiger partial charge in [0.15, 0.2) is 0 Å². The summed E-state index contributed by atoms with van der Waals surface area (Å²) < 4.78 is 47.8. The number of fused-ring (bicyclic) bond motifs is 3. The summed E-state index contributed by atoms with van der Waals surface area (Å²) in [5.41, 5.74) is 1.71. The van der Waals surface area contributed by atoms with E-state index in [9.17, 15) is 13.2 Å². The lowest BCUT2D eigenvalue weighted by Crippen LogP contribution is -2.53. The zero-order valence-electron chi connectivity index (χ0n) is 17.7. The van der Waals surface area contributed by atoms with Crippen LogP contribution in [-0.4, -0.2) is 37.8 Å². The third kappa shape index (κ3) is 3.37. The molecule has 2 N–H and O–H groups in total. The van der Waals surface area contributed by atoms with E-state index in [2.05, 4.69) is 22.5 Å². The lowest BCUT2D eigenvalue weighted by Gasteiger charge is -2.39. The second kappa shape index (κ2) is 7.34. The zero-order valence-corrected chi connectivity index (χ0v) is 17.7. The van der Waals surface area contributed by atoms with Gasteiger partial charge in [-0.2, -0.15) is 13.2 Å². The number of halogens is 3. The molecule has 2 aliphatic rings. The number of aromatic nitrogens is 1. The Balaban J connectivity index is 1.84. The minimum Gasteiger partial charge on any atom is -0.476 e. The van der Waals surface area contributed by atoms with E-state index in [0.29, 0.717) is 30.4 Å². The molecule has 162 valence electrons. The van der Waals surface area contributed by atoms with Crippen LogP contribution in [0, 0.1) is 6.92 Å². The summed E-state index contributed by atoms with van der Waals surface area (Å²) in [4.78, 5) is 6.19. The van der Waals surface area contributed by atoms with Crippen LogP contribution in [0.15, 0.2) is 24.3 Å². The second-order valence-electron chi connectivity index (χ2n) is 8.29. The fourth-order valence-electron chi connectivity index (χ4n) is 4.84. The largest absolute Gasteiger partial charge is 0.476 e. The van der Waals surface area contributed by atoms with Crippen LogP contribution in [0.3, 0.4) is 0 Å². The van der Waals surface area contributed by atoms with Gasteiger partial charge < -0.3 is 20.3 Å². The van der Waals surface area contributed by atoms with Crippen molar-refractivity contribution in [3.05, 3.63) is 41.1 Å². The number of anilines is 3. The molecule has 1 fully saturated rings.